The average molecular weight is 448 g/mol. The van der Waals surface area contributed by atoms with Crippen molar-refractivity contribution in [3.63, 3.8) is 0 Å². The molecule has 9 nitrogen and oxygen atoms in total. The molecule has 3 saturated heterocycles. The number of aromatic nitrogens is 2. The van der Waals surface area contributed by atoms with Crippen LogP contribution in [0.5, 0.6) is 5.88 Å². The van der Waals surface area contributed by atoms with E-state index >= 15 is 0 Å². The van der Waals surface area contributed by atoms with Crippen molar-refractivity contribution in [2.24, 2.45) is 0 Å². The van der Waals surface area contributed by atoms with Gasteiger partial charge in [-0.2, -0.15) is 5.26 Å². The van der Waals surface area contributed by atoms with Gasteiger partial charge in [0.2, 0.25) is 0 Å². The number of benzene rings is 1. The van der Waals surface area contributed by atoms with Crippen LogP contribution in [0.25, 0.3) is 22.3 Å². The van der Waals surface area contributed by atoms with E-state index in [9.17, 15) is 10.4 Å². The lowest BCUT2D eigenvalue weighted by Gasteiger charge is -2.28. The van der Waals surface area contributed by atoms with E-state index in [1.807, 2.05) is 18.2 Å². The maximum atomic E-state index is 9.92. The molecule has 6 rings (SSSR count). The van der Waals surface area contributed by atoms with E-state index in [0.29, 0.717) is 29.3 Å². The van der Waals surface area contributed by atoms with Crippen LogP contribution in [0, 0.1) is 11.3 Å². The number of rotatable bonds is 4. The Kier molecular flexibility index (Phi) is 5.15. The summed E-state index contributed by atoms with van der Waals surface area (Å²) in [5.41, 5.74) is 4.57. The Hall–Kier alpha value is -3.16. The van der Waals surface area contributed by atoms with Crippen LogP contribution in [-0.2, 0) is 14.2 Å². The van der Waals surface area contributed by atoms with Gasteiger partial charge in [-0.1, -0.05) is 12.1 Å². The quantitative estimate of drug-likeness (QED) is 0.622. The Morgan fingerprint density at radius 1 is 1.09 bits per heavy atom. The van der Waals surface area contributed by atoms with Gasteiger partial charge in [0.15, 0.2) is 12.0 Å². The van der Waals surface area contributed by atoms with E-state index in [1.54, 1.807) is 6.07 Å². The summed E-state index contributed by atoms with van der Waals surface area (Å²) in [6.45, 7) is 3.81. The van der Waals surface area contributed by atoms with Crippen molar-refractivity contribution in [2.75, 3.05) is 44.4 Å². The van der Waals surface area contributed by atoms with Gasteiger partial charge in [-0.15, -0.1) is 0 Å². The number of hydrogen-bond acceptors (Lipinski definition) is 8. The third kappa shape index (κ3) is 3.71. The van der Waals surface area contributed by atoms with Gasteiger partial charge in [0.1, 0.15) is 24.4 Å². The van der Waals surface area contributed by atoms with E-state index in [2.05, 4.69) is 28.1 Å². The third-order valence-corrected chi connectivity index (χ3v) is 6.48. The molecule has 0 aliphatic carbocycles. The Labute approximate surface area is 190 Å². The van der Waals surface area contributed by atoms with Crippen molar-refractivity contribution >= 4 is 16.7 Å². The van der Waals surface area contributed by atoms with Gasteiger partial charge in [0.25, 0.3) is 0 Å². The lowest BCUT2D eigenvalue weighted by atomic mass is 10.1. The van der Waals surface area contributed by atoms with Crippen LogP contribution < -0.4 is 9.64 Å². The fourth-order valence-electron chi connectivity index (χ4n) is 4.76. The van der Waals surface area contributed by atoms with Crippen LogP contribution in [0.3, 0.4) is 0 Å². The van der Waals surface area contributed by atoms with Gasteiger partial charge in [0.05, 0.1) is 48.7 Å². The van der Waals surface area contributed by atoms with Crippen molar-refractivity contribution < 1.29 is 24.1 Å². The van der Waals surface area contributed by atoms with Crippen molar-refractivity contribution in [3.8, 4) is 23.2 Å². The fraction of sp³-hybridized carbons (Fsp3) is 0.417. The van der Waals surface area contributed by atoms with Gasteiger partial charge < -0.3 is 33.9 Å². The molecule has 3 fully saturated rings. The second-order valence-electron chi connectivity index (χ2n) is 8.53. The molecule has 1 unspecified atom stereocenters. The van der Waals surface area contributed by atoms with Crippen LogP contribution in [0.4, 0.5) is 5.69 Å². The average Bonchev–Trinajstić information content (AvgIpc) is 3.55. The van der Waals surface area contributed by atoms with E-state index < -0.39 is 6.10 Å². The lowest BCUT2D eigenvalue weighted by molar-refractivity contribution is 0.00794. The normalized spacial score (nSPS) is 27.0. The van der Waals surface area contributed by atoms with Crippen molar-refractivity contribution in [3.05, 3.63) is 42.0 Å². The molecule has 0 amide bonds. The van der Waals surface area contributed by atoms with Gasteiger partial charge in [0, 0.05) is 30.4 Å². The minimum atomic E-state index is -0.622. The molecule has 3 aliphatic heterocycles. The number of pyridine rings is 1. The molecule has 2 aromatic heterocycles. The van der Waals surface area contributed by atoms with E-state index in [1.165, 1.54) is 0 Å². The number of hydrogen-bond donors (Lipinski definition) is 2. The number of morpholine rings is 1. The summed E-state index contributed by atoms with van der Waals surface area (Å²) in [5, 5.41) is 19.7. The Morgan fingerprint density at radius 3 is 2.67 bits per heavy atom. The number of nitrogens with zero attached hydrogens (tertiary/aromatic N) is 3. The van der Waals surface area contributed by atoms with Gasteiger partial charge in [-0.3, -0.25) is 0 Å². The molecule has 170 valence electrons. The predicted molar refractivity (Wildman–Crippen MR) is 119 cm³/mol. The highest BCUT2D eigenvalue weighted by Crippen LogP contribution is 2.32. The molecule has 5 heterocycles. The number of ether oxygens (including phenoxy) is 4. The minimum absolute atomic E-state index is 0.253. The number of nitriles is 1. The topological polar surface area (TPSA) is 113 Å². The number of fused-ring (bicyclic) bond motifs is 2. The van der Waals surface area contributed by atoms with E-state index in [4.69, 9.17) is 23.9 Å². The van der Waals surface area contributed by atoms with Crippen molar-refractivity contribution in [2.45, 2.75) is 24.4 Å². The standard InChI is InChI=1S/C24H24N4O5/c25-11-15-9-17-18(10-21(26-17)33-20-13-32-23-19(29)12-31-24(20)23)27-22(15)14-1-3-16(4-2-14)28-5-7-30-8-6-28/h1-4,9-10,19-20,23-24,26,29H,5-8,12-13H2/t19-,20-,23-,24?/m1/s1. The summed E-state index contributed by atoms with van der Waals surface area (Å²) in [4.78, 5) is 10.2. The molecule has 3 aromatic rings. The van der Waals surface area contributed by atoms with Gasteiger partial charge in [-0.25, -0.2) is 4.98 Å². The van der Waals surface area contributed by atoms with E-state index in [0.717, 1.165) is 43.1 Å². The first-order valence-corrected chi connectivity index (χ1v) is 11.1. The number of aliphatic hydroxyl groups is 1. The van der Waals surface area contributed by atoms with Crippen LogP contribution in [-0.4, -0.2) is 79.0 Å². The smallest absolute Gasteiger partial charge is 0.193 e. The number of H-pyrrole nitrogens is 1. The highest BCUT2D eigenvalue weighted by atomic mass is 16.6. The Morgan fingerprint density at radius 2 is 1.88 bits per heavy atom. The summed E-state index contributed by atoms with van der Waals surface area (Å²) >= 11 is 0. The summed E-state index contributed by atoms with van der Waals surface area (Å²) in [5.74, 6) is 0.528. The van der Waals surface area contributed by atoms with Crippen LogP contribution in [0.2, 0.25) is 0 Å². The highest BCUT2D eigenvalue weighted by molar-refractivity contribution is 5.84. The van der Waals surface area contributed by atoms with Gasteiger partial charge >= 0.3 is 0 Å². The SMILES string of the molecule is N#Cc1cc2[nH]c(O[C@@H]3CO[C@H]4C3OC[C@H]4O)cc2nc1-c1ccc(N2CCOCC2)cc1. The molecule has 3 aliphatic rings. The molecule has 4 atom stereocenters. The van der Waals surface area contributed by atoms with Crippen LogP contribution >= 0.6 is 0 Å². The first-order chi connectivity index (χ1) is 16.2. The minimum Gasteiger partial charge on any atom is -0.470 e. The largest absolute Gasteiger partial charge is 0.470 e. The first-order valence-electron chi connectivity index (χ1n) is 11.1. The highest BCUT2D eigenvalue weighted by Gasteiger charge is 2.48. The van der Waals surface area contributed by atoms with Crippen LogP contribution in [0.15, 0.2) is 36.4 Å². The molecule has 0 spiro atoms. The molecule has 0 radical (unpaired) electrons. The molecular weight excluding hydrogens is 424 g/mol. The third-order valence-electron chi connectivity index (χ3n) is 6.48. The second kappa shape index (κ2) is 8.32. The summed E-state index contributed by atoms with van der Waals surface area (Å²) in [6, 6.07) is 14.0. The Balaban J connectivity index is 1.26. The number of aromatic amines is 1. The predicted octanol–water partition coefficient (Wildman–Crippen LogP) is 1.84. The molecule has 0 saturated carbocycles. The summed E-state index contributed by atoms with van der Waals surface area (Å²) < 4.78 is 22.8. The zero-order chi connectivity index (χ0) is 22.4. The first kappa shape index (κ1) is 20.4. The second-order valence-corrected chi connectivity index (χ2v) is 8.53. The van der Waals surface area contributed by atoms with E-state index in [-0.39, 0.29) is 24.9 Å². The molecular formula is C24H24N4O5. The monoisotopic (exact) mass is 448 g/mol. The fourth-order valence-corrected chi connectivity index (χ4v) is 4.76. The molecule has 9 heteroatoms. The maximum absolute atomic E-state index is 9.92. The number of nitrogens with one attached hydrogen (secondary N) is 1. The summed E-state index contributed by atoms with van der Waals surface area (Å²) in [7, 11) is 0. The zero-order valence-corrected chi connectivity index (χ0v) is 17.9. The zero-order valence-electron chi connectivity index (χ0n) is 17.9. The van der Waals surface area contributed by atoms with Crippen molar-refractivity contribution in [1.29, 1.82) is 5.26 Å². The molecule has 33 heavy (non-hydrogen) atoms. The molecule has 0 bridgehead atoms. The number of aliphatic hydroxyl groups excluding tert-OH is 1. The Bertz CT molecular complexity index is 1200. The van der Waals surface area contributed by atoms with Crippen LogP contribution in [0.1, 0.15) is 5.56 Å². The van der Waals surface area contributed by atoms with Crippen molar-refractivity contribution in [1.82, 2.24) is 9.97 Å². The van der Waals surface area contributed by atoms with Gasteiger partial charge in [-0.05, 0) is 18.2 Å². The maximum Gasteiger partial charge on any atom is 0.193 e. The molecule has 2 N–H and O–H groups in total. The lowest BCUT2D eigenvalue weighted by Crippen LogP contribution is -2.36. The summed E-state index contributed by atoms with van der Waals surface area (Å²) in [6.07, 6.45) is -1.59. The number of anilines is 1. The molecule has 1 aromatic carbocycles.